The molecule has 0 N–H and O–H groups in total. The summed E-state index contributed by atoms with van der Waals surface area (Å²) in [5.41, 5.74) is 0.195. The van der Waals surface area contributed by atoms with E-state index in [2.05, 4.69) is 20.2 Å². The highest BCUT2D eigenvalue weighted by atomic mass is 35.5. The van der Waals surface area contributed by atoms with Gasteiger partial charge in [0.1, 0.15) is 5.75 Å². The lowest BCUT2D eigenvalue weighted by Gasteiger charge is -2.11. The molecular weight excluding hydrogens is 507 g/mol. The van der Waals surface area contributed by atoms with Crippen molar-refractivity contribution in [2.45, 2.75) is 6.18 Å². The van der Waals surface area contributed by atoms with Gasteiger partial charge in [-0.3, -0.25) is 0 Å². The zero-order chi connectivity index (χ0) is 25.7. The average Bonchev–Trinajstić information content (AvgIpc) is 3.54. The Morgan fingerprint density at radius 3 is 2.49 bits per heavy atom. The number of hydrogen-bond donors (Lipinski definition) is 0. The Morgan fingerprint density at radius 2 is 1.70 bits per heavy atom. The van der Waals surface area contributed by atoms with Crippen LogP contribution >= 0.6 is 11.6 Å². The van der Waals surface area contributed by atoms with Gasteiger partial charge in [-0.25, -0.2) is 9.50 Å². The quantitative estimate of drug-likeness (QED) is 0.250. The lowest BCUT2D eigenvalue weighted by Crippen LogP contribution is -2.13. The summed E-state index contributed by atoms with van der Waals surface area (Å²) in [5.74, 6) is 0.517. The molecule has 7 nitrogen and oxygen atoms in total. The molecule has 37 heavy (non-hydrogen) atoms. The Kier molecular flexibility index (Phi) is 5.34. The van der Waals surface area contributed by atoms with Crippen LogP contribution in [0, 0.1) is 0 Å². The van der Waals surface area contributed by atoms with E-state index < -0.39 is 11.9 Å². The van der Waals surface area contributed by atoms with Gasteiger partial charge in [-0.15, -0.1) is 0 Å². The summed E-state index contributed by atoms with van der Waals surface area (Å²) in [4.78, 5) is 8.75. The molecule has 11 heteroatoms. The van der Waals surface area contributed by atoms with Crippen LogP contribution < -0.4 is 4.74 Å². The summed E-state index contributed by atoms with van der Waals surface area (Å²) >= 11 is 6.09. The van der Waals surface area contributed by atoms with Crippen molar-refractivity contribution in [1.29, 1.82) is 0 Å². The average molecular weight is 522 g/mol. The van der Waals surface area contributed by atoms with Gasteiger partial charge in [0.25, 0.3) is 5.89 Å². The molecule has 6 rings (SSSR count). The molecule has 0 radical (unpaired) electrons. The fourth-order valence-electron chi connectivity index (χ4n) is 4.07. The van der Waals surface area contributed by atoms with Crippen LogP contribution in [-0.4, -0.2) is 31.8 Å². The molecule has 0 aliphatic heterocycles. The summed E-state index contributed by atoms with van der Waals surface area (Å²) in [5, 5.41) is 10.3. The summed E-state index contributed by atoms with van der Waals surface area (Å²) in [6.07, 6.45) is -4.69. The third-order valence-corrected chi connectivity index (χ3v) is 6.05. The monoisotopic (exact) mass is 521 g/mol. The van der Waals surface area contributed by atoms with Gasteiger partial charge in [-0.2, -0.15) is 23.3 Å². The first-order chi connectivity index (χ1) is 17.8. The molecule has 184 valence electrons. The lowest BCUT2D eigenvalue weighted by molar-refractivity contribution is -0.142. The van der Waals surface area contributed by atoms with Crippen LogP contribution in [0.3, 0.4) is 0 Å². The van der Waals surface area contributed by atoms with E-state index in [1.165, 1.54) is 13.2 Å². The molecular formula is C26H15ClF3N5O2. The van der Waals surface area contributed by atoms with Crippen molar-refractivity contribution in [2.24, 2.45) is 0 Å². The first kappa shape index (κ1) is 23.0. The largest absolute Gasteiger partial charge is 0.496 e. The third-order valence-electron chi connectivity index (χ3n) is 5.81. The number of hydrogen-bond acceptors (Lipinski definition) is 6. The van der Waals surface area contributed by atoms with Crippen LogP contribution in [0.25, 0.3) is 50.6 Å². The number of halogens is 4. The van der Waals surface area contributed by atoms with Gasteiger partial charge >= 0.3 is 6.18 Å². The molecule has 0 fully saturated rings. The number of fused-ring (bicyclic) bond motifs is 2. The number of alkyl halides is 3. The van der Waals surface area contributed by atoms with Gasteiger partial charge in [0.2, 0.25) is 5.82 Å². The van der Waals surface area contributed by atoms with Gasteiger partial charge in [0.15, 0.2) is 17.0 Å². The highest BCUT2D eigenvalue weighted by Crippen LogP contribution is 2.35. The Balaban J connectivity index is 1.47. The van der Waals surface area contributed by atoms with Crippen LogP contribution in [0.1, 0.15) is 5.69 Å². The zero-order valence-corrected chi connectivity index (χ0v) is 19.7. The number of methoxy groups -OCH3 is 1. The minimum Gasteiger partial charge on any atom is -0.496 e. The van der Waals surface area contributed by atoms with Crippen LogP contribution in [0.15, 0.2) is 77.3 Å². The molecule has 0 saturated heterocycles. The highest BCUT2D eigenvalue weighted by Gasteiger charge is 2.35. The molecule has 0 atom stereocenters. The second-order valence-corrected chi connectivity index (χ2v) is 8.59. The van der Waals surface area contributed by atoms with E-state index in [1.807, 2.05) is 30.3 Å². The van der Waals surface area contributed by atoms with Crippen LogP contribution in [-0.2, 0) is 6.18 Å². The maximum Gasteiger partial charge on any atom is 0.433 e. The van der Waals surface area contributed by atoms with E-state index in [4.69, 9.17) is 20.9 Å². The van der Waals surface area contributed by atoms with Crippen LogP contribution in [0.4, 0.5) is 13.2 Å². The molecule has 0 spiro atoms. The topological polar surface area (TPSA) is 78.3 Å². The van der Waals surface area contributed by atoms with Crippen molar-refractivity contribution in [3.05, 3.63) is 83.5 Å². The van der Waals surface area contributed by atoms with E-state index in [1.54, 1.807) is 30.3 Å². The van der Waals surface area contributed by atoms with E-state index in [0.717, 1.165) is 21.4 Å². The smallest absolute Gasteiger partial charge is 0.433 e. The predicted octanol–water partition coefficient (Wildman–Crippen LogP) is 6.95. The fraction of sp³-hybridized carbons (Fsp3) is 0.0769. The van der Waals surface area contributed by atoms with Crippen LogP contribution in [0.5, 0.6) is 5.75 Å². The zero-order valence-electron chi connectivity index (χ0n) is 19.0. The molecule has 6 aromatic rings. The molecule has 3 aromatic carbocycles. The molecule has 0 saturated carbocycles. The third kappa shape index (κ3) is 4.15. The van der Waals surface area contributed by atoms with Gasteiger partial charge in [-0.05, 0) is 41.1 Å². The van der Waals surface area contributed by atoms with Crippen molar-refractivity contribution in [3.63, 3.8) is 0 Å². The van der Waals surface area contributed by atoms with Crippen molar-refractivity contribution < 1.29 is 22.4 Å². The van der Waals surface area contributed by atoms with Gasteiger partial charge < -0.3 is 9.26 Å². The second kappa shape index (κ2) is 8.59. The number of rotatable bonds is 4. The minimum atomic E-state index is -4.69. The van der Waals surface area contributed by atoms with Gasteiger partial charge in [-0.1, -0.05) is 53.2 Å². The fourth-order valence-corrected chi connectivity index (χ4v) is 4.24. The summed E-state index contributed by atoms with van der Waals surface area (Å²) in [7, 11) is 1.48. The second-order valence-electron chi connectivity index (χ2n) is 8.15. The summed E-state index contributed by atoms with van der Waals surface area (Å²) in [6.45, 7) is 0. The normalized spacial score (nSPS) is 11.9. The lowest BCUT2D eigenvalue weighted by atomic mass is 10.0. The number of aromatic nitrogens is 5. The summed E-state index contributed by atoms with van der Waals surface area (Å²) < 4.78 is 53.5. The minimum absolute atomic E-state index is 0.0203. The Hall–Kier alpha value is -4.44. The molecule has 0 aliphatic rings. The SMILES string of the molecule is COc1ccc(Cl)cc1-c1noc(-c2cc3nc(-c4ccc5ccccc5c4)cc(C(F)(F)F)n3n2)n1. The number of nitrogens with zero attached hydrogens (tertiary/aromatic N) is 5. The number of benzene rings is 3. The van der Waals surface area contributed by atoms with E-state index in [-0.39, 0.29) is 28.8 Å². The standard InChI is InChI=1S/C26H15ClF3N5O2/c1-36-21-9-8-17(27)11-18(21)24-32-25(37-34-24)20-13-23-31-19(12-22(26(28,29)30)35(23)33-20)16-7-6-14-4-2-3-5-15(14)10-16/h2-13H,1H3. The molecule has 3 aromatic heterocycles. The van der Waals surface area contributed by atoms with Crippen LogP contribution in [0.2, 0.25) is 5.02 Å². The Morgan fingerprint density at radius 1 is 0.892 bits per heavy atom. The molecule has 3 heterocycles. The molecule has 0 unspecified atom stereocenters. The molecule has 0 bridgehead atoms. The summed E-state index contributed by atoms with van der Waals surface area (Å²) in [6, 6.07) is 20.2. The Labute approximate surface area is 212 Å². The molecule has 0 aliphatic carbocycles. The van der Waals surface area contributed by atoms with Gasteiger partial charge in [0, 0.05) is 16.7 Å². The van der Waals surface area contributed by atoms with E-state index >= 15 is 0 Å². The maximum absolute atomic E-state index is 14.1. The first-order valence-corrected chi connectivity index (χ1v) is 11.3. The van der Waals surface area contributed by atoms with E-state index in [9.17, 15) is 13.2 Å². The van der Waals surface area contributed by atoms with Crippen molar-refractivity contribution in [3.8, 4) is 40.0 Å². The van der Waals surface area contributed by atoms with Crippen molar-refractivity contribution in [1.82, 2.24) is 24.7 Å². The number of ether oxygens (including phenoxy) is 1. The highest BCUT2D eigenvalue weighted by molar-refractivity contribution is 6.30. The first-order valence-electron chi connectivity index (χ1n) is 11.0. The van der Waals surface area contributed by atoms with Crippen molar-refractivity contribution >= 4 is 28.0 Å². The van der Waals surface area contributed by atoms with Crippen molar-refractivity contribution in [2.75, 3.05) is 7.11 Å². The molecule has 0 amide bonds. The predicted molar refractivity (Wildman–Crippen MR) is 131 cm³/mol. The van der Waals surface area contributed by atoms with E-state index in [0.29, 0.717) is 21.9 Å². The maximum atomic E-state index is 14.1. The van der Waals surface area contributed by atoms with Gasteiger partial charge in [0.05, 0.1) is 18.4 Å². The Bertz CT molecular complexity index is 1800.